The third-order valence-corrected chi connectivity index (χ3v) is 6.29. The number of hydrogen-bond donors (Lipinski definition) is 2. The topological polar surface area (TPSA) is 62.2 Å². The van der Waals surface area contributed by atoms with E-state index in [1.165, 1.54) is 56.9 Å². The van der Waals surface area contributed by atoms with Crippen LogP contribution in [0.5, 0.6) is 0 Å². The van der Waals surface area contributed by atoms with Gasteiger partial charge in [0.2, 0.25) is 0 Å². The smallest absolute Gasteiger partial charge is 0.307 e. The molecule has 176 valence electrons. The summed E-state index contributed by atoms with van der Waals surface area (Å²) in [6.07, 6.45) is 13.6. The number of pyridine rings is 1. The van der Waals surface area contributed by atoms with E-state index < -0.39 is 5.97 Å². The van der Waals surface area contributed by atoms with Gasteiger partial charge >= 0.3 is 5.97 Å². The molecule has 5 heteroatoms. The van der Waals surface area contributed by atoms with E-state index in [-0.39, 0.29) is 11.8 Å². The fourth-order valence-electron chi connectivity index (χ4n) is 3.88. The van der Waals surface area contributed by atoms with Gasteiger partial charge in [-0.3, -0.25) is 4.79 Å². The van der Waals surface area contributed by atoms with Crippen LogP contribution in [0.2, 0.25) is 5.15 Å². The summed E-state index contributed by atoms with van der Waals surface area (Å²) in [7, 11) is 0. The lowest BCUT2D eigenvalue weighted by atomic mass is 10.1. The fraction of sp³-hybridized carbons (Fsp3) is 0.556. The highest BCUT2D eigenvalue weighted by molar-refractivity contribution is 6.29. The van der Waals surface area contributed by atoms with E-state index in [0.717, 1.165) is 18.5 Å². The molecular formula is C27H39ClN2O2. The lowest BCUT2D eigenvalue weighted by Gasteiger charge is -2.13. The number of hydrogen-bond acceptors (Lipinski definition) is 3. The number of carboxylic acids is 1. The van der Waals surface area contributed by atoms with E-state index in [2.05, 4.69) is 24.1 Å². The van der Waals surface area contributed by atoms with Crippen molar-refractivity contribution in [2.75, 3.05) is 6.54 Å². The van der Waals surface area contributed by atoms with Crippen molar-refractivity contribution in [3.05, 3.63) is 64.9 Å². The van der Waals surface area contributed by atoms with E-state index in [0.29, 0.717) is 11.2 Å². The predicted molar refractivity (Wildman–Crippen MR) is 133 cm³/mol. The maximum Gasteiger partial charge on any atom is 0.307 e. The molecular weight excluding hydrogens is 420 g/mol. The molecule has 1 fully saturated rings. The van der Waals surface area contributed by atoms with Gasteiger partial charge in [-0.15, -0.1) is 0 Å². The van der Waals surface area contributed by atoms with Crippen LogP contribution in [0, 0.1) is 5.92 Å². The first-order chi connectivity index (χ1) is 15.5. The number of aliphatic carboxylic acids is 1. The molecule has 0 aliphatic heterocycles. The first-order valence-electron chi connectivity index (χ1n) is 12.2. The Kier molecular flexibility index (Phi) is 12.4. The average Bonchev–Trinajstić information content (AvgIpc) is 3.61. The minimum absolute atomic E-state index is 0.132. The van der Waals surface area contributed by atoms with Crippen LogP contribution in [0.3, 0.4) is 0 Å². The van der Waals surface area contributed by atoms with Crippen molar-refractivity contribution in [1.82, 2.24) is 10.3 Å². The molecule has 32 heavy (non-hydrogen) atoms. The van der Waals surface area contributed by atoms with Gasteiger partial charge in [-0.2, -0.15) is 0 Å². The Bertz CT molecular complexity index is 767. The van der Waals surface area contributed by atoms with E-state index in [4.69, 9.17) is 16.7 Å². The maximum atomic E-state index is 10.5. The van der Waals surface area contributed by atoms with Gasteiger partial charge in [0.15, 0.2) is 0 Å². The molecule has 0 unspecified atom stereocenters. The summed E-state index contributed by atoms with van der Waals surface area (Å²) >= 11 is 5.79. The molecule has 1 aliphatic carbocycles. The summed E-state index contributed by atoms with van der Waals surface area (Å²) in [4.78, 5) is 14.7. The molecule has 4 nitrogen and oxygen atoms in total. The van der Waals surface area contributed by atoms with Crippen LogP contribution >= 0.6 is 11.6 Å². The SMILES string of the molecule is CCCCCCCCCCN[C@@H](C)c1ccc(Cl)nc1.O=C(O)[C@H]1C[C@@H]1c1ccccc1. The lowest BCUT2D eigenvalue weighted by Crippen LogP contribution is -2.19. The predicted octanol–water partition coefficient (Wildman–Crippen LogP) is 7.40. The lowest BCUT2D eigenvalue weighted by molar-refractivity contribution is -0.138. The Morgan fingerprint density at radius 3 is 2.28 bits per heavy atom. The third-order valence-electron chi connectivity index (χ3n) is 6.07. The monoisotopic (exact) mass is 458 g/mol. The van der Waals surface area contributed by atoms with E-state index in [9.17, 15) is 4.79 Å². The number of nitrogens with zero attached hydrogens (tertiary/aromatic N) is 1. The second kappa shape index (κ2) is 15.0. The summed E-state index contributed by atoms with van der Waals surface area (Å²) in [5.41, 5.74) is 2.36. The first kappa shape index (κ1) is 26.3. The van der Waals surface area contributed by atoms with Crippen LogP contribution in [0.15, 0.2) is 48.7 Å². The second-order valence-corrected chi connectivity index (χ2v) is 9.15. The Morgan fingerprint density at radius 1 is 1.06 bits per heavy atom. The van der Waals surface area contributed by atoms with Crippen molar-refractivity contribution >= 4 is 17.6 Å². The fourth-order valence-corrected chi connectivity index (χ4v) is 3.99. The Labute approximate surface area is 198 Å². The average molecular weight is 459 g/mol. The molecule has 3 rings (SSSR count). The van der Waals surface area contributed by atoms with Gasteiger partial charge in [0.25, 0.3) is 0 Å². The van der Waals surface area contributed by atoms with Crippen LogP contribution in [0.4, 0.5) is 0 Å². The molecule has 1 saturated carbocycles. The molecule has 2 aromatic rings. The summed E-state index contributed by atoms with van der Waals surface area (Å²) in [6.45, 7) is 5.53. The van der Waals surface area contributed by atoms with Crippen LogP contribution in [-0.4, -0.2) is 22.6 Å². The summed E-state index contributed by atoms with van der Waals surface area (Å²) in [5.74, 6) is -0.528. The van der Waals surface area contributed by atoms with E-state index in [1.807, 2.05) is 48.7 Å². The normalized spacial score (nSPS) is 17.8. The Balaban J connectivity index is 0.000000255. The second-order valence-electron chi connectivity index (χ2n) is 8.76. The van der Waals surface area contributed by atoms with Crippen molar-refractivity contribution in [2.45, 2.75) is 83.6 Å². The third kappa shape index (κ3) is 10.1. The molecule has 0 saturated heterocycles. The van der Waals surface area contributed by atoms with E-state index in [1.54, 1.807) is 0 Å². The zero-order valence-corrected chi connectivity index (χ0v) is 20.4. The van der Waals surface area contributed by atoms with Gasteiger partial charge < -0.3 is 10.4 Å². The number of halogens is 1. The highest BCUT2D eigenvalue weighted by Gasteiger charge is 2.43. The number of benzene rings is 1. The van der Waals surface area contributed by atoms with Gasteiger partial charge in [0.05, 0.1) is 5.92 Å². The number of rotatable bonds is 13. The number of carboxylic acid groups (broad SMARTS) is 1. The standard InChI is InChI=1S/C17H29ClN2.C10H10O2/c1-3-4-5-6-7-8-9-10-13-19-15(2)16-11-12-17(18)20-14-16;11-10(12)9-6-8(9)7-4-2-1-3-5-7/h11-12,14-15,19H,3-10,13H2,1-2H3;1-5,8-9H,6H2,(H,11,12)/t15-;8-,9+/m01/s1. The van der Waals surface area contributed by atoms with Gasteiger partial charge in [-0.05, 0) is 49.4 Å². The van der Waals surface area contributed by atoms with Gasteiger partial charge in [-0.25, -0.2) is 4.98 Å². The first-order valence-corrected chi connectivity index (χ1v) is 12.5. The Morgan fingerprint density at radius 2 is 1.72 bits per heavy atom. The molecule has 1 aliphatic rings. The van der Waals surface area contributed by atoms with Crippen molar-refractivity contribution in [3.8, 4) is 0 Å². The van der Waals surface area contributed by atoms with Crippen molar-refractivity contribution in [3.63, 3.8) is 0 Å². The summed E-state index contributed by atoms with van der Waals surface area (Å²) in [6, 6.07) is 14.1. The van der Waals surface area contributed by atoms with Crippen LogP contribution in [-0.2, 0) is 4.79 Å². The summed E-state index contributed by atoms with van der Waals surface area (Å²) < 4.78 is 0. The molecule has 0 amide bonds. The Hall–Kier alpha value is -1.91. The molecule has 0 spiro atoms. The molecule has 3 atom stereocenters. The molecule has 0 bridgehead atoms. The van der Waals surface area contributed by atoms with Crippen LogP contribution in [0.25, 0.3) is 0 Å². The van der Waals surface area contributed by atoms with Gasteiger partial charge in [-0.1, -0.05) is 99.9 Å². The van der Waals surface area contributed by atoms with Crippen LogP contribution < -0.4 is 5.32 Å². The van der Waals surface area contributed by atoms with Crippen molar-refractivity contribution < 1.29 is 9.90 Å². The number of carbonyl (C=O) groups is 1. The highest BCUT2D eigenvalue weighted by Crippen LogP contribution is 2.47. The maximum absolute atomic E-state index is 10.5. The van der Waals surface area contributed by atoms with Gasteiger partial charge in [0.1, 0.15) is 5.15 Å². The van der Waals surface area contributed by atoms with Crippen molar-refractivity contribution in [1.29, 1.82) is 0 Å². The van der Waals surface area contributed by atoms with Gasteiger partial charge in [0, 0.05) is 12.2 Å². The van der Waals surface area contributed by atoms with E-state index >= 15 is 0 Å². The largest absolute Gasteiger partial charge is 0.481 e. The molecule has 0 radical (unpaired) electrons. The molecule has 1 heterocycles. The van der Waals surface area contributed by atoms with Crippen molar-refractivity contribution in [2.24, 2.45) is 5.92 Å². The quantitative estimate of drug-likeness (QED) is 0.242. The molecule has 2 N–H and O–H groups in total. The zero-order chi connectivity index (χ0) is 23.2. The zero-order valence-electron chi connectivity index (χ0n) is 19.6. The minimum atomic E-state index is -0.663. The number of nitrogens with one attached hydrogen (secondary N) is 1. The number of aromatic nitrogens is 1. The summed E-state index contributed by atoms with van der Waals surface area (Å²) in [5, 5.41) is 12.8. The molecule has 1 aromatic heterocycles. The minimum Gasteiger partial charge on any atom is -0.481 e. The highest BCUT2D eigenvalue weighted by atomic mass is 35.5. The van der Waals surface area contributed by atoms with Crippen LogP contribution in [0.1, 0.15) is 94.7 Å². The number of unbranched alkanes of at least 4 members (excludes halogenated alkanes) is 7. The molecule has 1 aromatic carbocycles.